The lowest BCUT2D eigenvalue weighted by Crippen LogP contribution is -2.62. The van der Waals surface area contributed by atoms with Gasteiger partial charge in [0.15, 0.2) is 11.5 Å². The first-order valence-corrected chi connectivity index (χ1v) is 12.6. The SMILES string of the molecule is CN1C=CC=C(C(=O)n2c3c(c4ccccc42)C[C@@H]2C(=O)N(C)CC(=O)N2[C@@H]3c2ccc3c(c2)OCO3)C1. The number of rotatable bonds is 2. The highest BCUT2D eigenvalue weighted by atomic mass is 16.7. The van der Waals surface area contributed by atoms with E-state index in [4.69, 9.17) is 9.47 Å². The molecule has 1 aromatic heterocycles. The fraction of sp³-hybridized carbons (Fsp3) is 0.276. The van der Waals surface area contributed by atoms with Gasteiger partial charge >= 0.3 is 0 Å². The van der Waals surface area contributed by atoms with Crippen LogP contribution in [0, 0.1) is 0 Å². The number of nitrogens with zero attached hydrogens (tertiary/aromatic N) is 4. The molecule has 2 atom stereocenters. The second kappa shape index (κ2) is 8.24. The van der Waals surface area contributed by atoms with E-state index in [0.29, 0.717) is 30.0 Å². The van der Waals surface area contributed by atoms with Gasteiger partial charge in [-0.25, -0.2) is 0 Å². The monoisotopic (exact) mass is 510 g/mol. The van der Waals surface area contributed by atoms with Gasteiger partial charge in [0, 0.05) is 38.0 Å². The number of aromatic nitrogens is 1. The first kappa shape index (κ1) is 22.7. The summed E-state index contributed by atoms with van der Waals surface area (Å²) in [4.78, 5) is 46.4. The third-order valence-electron chi connectivity index (χ3n) is 7.86. The molecule has 0 bridgehead atoms. The van der Waals surface area contributed by atoms with Crippen molar-refractivity contribution >= 4 is 28.6 Å². The number of hydrogen-bond acceptors (Lipinski definition) is 6. The van der Waals surface area contributed by atoms with Crippen LogP contribution in [0.25, 0.3) is 10.9 Å². The van der Waals surface area contributed by atoms with Gasteiger partial charge in [0.05, 0.1) is 23.8 Å². The molecule has 4 aliphatic rings. The Morgan fingerprint density at radius 1 is 1.00 bits per heavy atom. The molecular weight excluding hydrogens is 484 g/mol. The highest BCUT2D eigenvalue weighted by Gasteiger charge is 2.49. The largest absolute Gasteiger partial charge is 0.454 e. The number of para-hydroxylation sites is 1. The quantitative estimate of drug-likeness (QED) is 0.527. The number of likely N-dealkylation sites (N-methyl/N-ethyl adjacent to an activating group) is 2. The van der Waals surface area contributed by atoms with E-state index in [2.05, 4.69) is 0 Å². The lowest BCUT2D eigenvalue weighted by Gasteiger charge is -2.46. The molecule has 192 valence electrons. The highest BCUT2D eigenvalue weighted by Crippen LogP contribution is 2.46. The summed E-state index contributed by atoms with van der Waals surface area (Å²) in [6.45, 7) is 0.581. The summed E-state index contributed by atoms with van der Waals surface area (Å²) in [5.41, 5.74) is 3.80. The lowest BCUT2D eigenvalue weighted by atomic mass is 9.86. The number of amides is 2. The fourth-order valence-electron chi connectivity index (χ4n) is 6.16. The van der Waals surface area contributed by atoms with Crippen molar-refractivity contribution in [3.8, 4) is 11.5 Å². The van der Waals surface area contributed by atoms with Crippen molar-refractivity contribution in [3.05, 3.63) is 83.2 Å². The minimum Gasteiger partial charge on any atom is -0.454 e. The van der Waals surface area contributed by atoms with Crippen molar-refractivity contribution in [2.45, 2.75) is 18.5 Å². The Balaban J connectivity index is 1.51. The Kier molecular flexibility index (Phi) is 4.91. The van der Waals surface area contributed by atoms with Gasteiger partial charge in [0.25, 0.3) is 5.91 Å². The zero-order valence-electron chi connectivity index (χ0n) is 21.1. The number of benzene rings is 2. The molecular formula is C29H26N4O5. The first-order chi connectivity index (χ1) is 18.4. The smallest absolute Gasteiger partial charge is 0.260 e. The van der Waals surface area contributed by atoms with Crippen LogP contribution in [0.5, 0.6) is 11.5 Å². The molecule has 2 amide bonds. The second-order valence-corrected chi connectivity index (χ2v) is 10.2. The van der Waals surface area contributed by atoms with Gasteiger partial charge in [-0.2, -0.15) is 0 Å². The normalized spacial score (nSPS) is 22.1. The number of carbonyl (C=O) groups excluding carboxylic acids is 3. The summed E-state index contributed by atoms with van der Waals surface area (Å²) >= 11 is 0. The molecule has 1 saturated heterocycles. The van der Waals surface area contributed by atoms with Crippen LogP contribution >= 0.6 is 0 Å². The summed E-state index contributed by atoms with van der Waals surface area (Å²) in [6, 6.07) is 12.0. The predicted molar refractivity (Wildman–Crippen MR) is 139 cm³/mol. The van der Waals surface area contributed by atoms with E-state index in [1.807, 2.05) is 72.8 Å². The Labute approximate surface area is 219 Å². The average Bonchev–Trinajstić information content (AvgIpc) is 3.52. The molecule has 9 nitrogen and oxygen atoms in total. The molecule has 7 rings (SSSR count). The molecule has 38 heavy (non-hydrogen) atoms. The van der Waals surface area contributed by atoms with Crippen molar-refractivity contribution in [2.75, 3.05) is 34.0 Å². The molecule has 0 unspecified atom stereocenters. The number of fused-ring (bicyclic) bond motifs is 5. The maximum Gasteiger partial charge on any atom is 0.260 e. The Morgan fingerprint density at radius 2 is 1.82 bits per heavy atom. The Hall–Kier alpha value is -4.53. The summed E-state index contributed by atoms with van der Waals surface area (Å²) in [5, 5.41) is 0.912. The van der Waals surface area contributed by atoms with Gasteiger partial charge in [-0.3, -0.25) is 19.0 Å². The number of allylic oxidation sites excluding steroid dienone is 2. The zero-order chi connectivity index (χ0) is 26.1. The minimum absolute atomic E-state index is 0.0133. The number of carbonyl (C=O) groups is 3. The van der Waals surface area contributed by atoms with Crippen molar-refractivity contribution < 1.29 is 23.9 Å². The molecule has 5 heterocycles. The topological polar surface area (TPSA) is 84.3 Å². The van der Waals surface area contributed by atoms with Crippen LogP contribution in [0.3, 0.4) is 0 Å². The van der Waals surface area contributed by atoms with E-state index in [9.17, 15) is 14.4 Å². The molecule has 0 N–H and O–H groups in total. The van der Waals surface area contributed by atoms with E-state index >= 15 is 0 Å². The molecule has 1 fully saturated rings. The average molecular weight is 511 g/mol. The van der Waals surface area contributed by atoms with E-state index in [0.717, 1.165) is 27.7 Å². The van der Waals surface area contributed by atoms with Crippen molar-refractivity contribution in [2.24, 2.45) is 0 Å². The number of piperazine rings is 1. The highest BCUT2D eigenvalue weighted by molar-refractivity contribution is 6.06. The number of hydrogen-bond donors (Lipinski definition) is 0. The van der Waals surface area contributed by atoms with Crippen LogP contribution in [-0.2, 0) is 16.0 Å². The molecule has 2 aromatic carbocycles. The predicted octanol–water partition coefficient (Wildman–Crippen LogP) is 2.71. The standard InChI is InChI=1S/C29H26N4O5/c1-30-11-5-6-18(14-30)28(35)33-21-8-4-3-7-19(21)20-13-22-29(36)31(2)15-25(34)32(22)26(27(20)33)17-9-10-23-24(12-17)38-16-37-23/h3-12,22,26H,13-16H2,1-2H3/t22-,26-/m1/s1. The maximum atomic E-state index is 14.2. The lowest BCUT2D eigenvalue weighted by molar-refractivity contribution is -0.157. The molecule has 9 heteroatoms. The minimum atomic E-state index is -0.665. The molecule has 3 aromatic rings. The van der Waals surface area contributed by atoms with Gasteiger partial charge in [-0.05, 0) is 41.6 Å². The Morgan fingerprint density at radius 3 is 2.66 bits per heavy atom. The molecule has 0 radical (unpaired) electrons. The van der Waals surface area contributed by atoms with Crippen LogP contribution in [0.15, 0.2) is 66.4 Å². The molecule has 0 saturated carbocycles. The summed E-state index contributed by atoms with van der Waals surface area (Å²) in [6.07, 6.45) is 5.97. The zero-order valence-corrected chi connectivity index (χ0v) is 21.1. The van der Waals surface area contributed by atoms with E-state index in [1.165, 1.54) is 4.90 Å². The summed E-state index contributed by atoms with van der Waals surface area (Å²) in [5.74, 6) is 0.798. The van der Waals surface area contributed by atoms with Gasteiger partial charge in [-0.1, -0.05) is 30.3 Å². The van der Waals surface area contributed by atoms with E-state index in [-0.39, 0.29) is 31.1 Å². The van der Waals surface area contributed by atoms with Crippen molar-refractivity contribution in [1.82, 2.24) is 19.3 Å². The van der Waals surface area contributed by atoms with Crippen LogP contribution in [0.2, 0.25) is 0 Å². The second-order valence-electron chi connectivity index (χ2n) is 10.2. The van der Waals surface area contributed by atoms with Gasteiger partial charge < -0.3 is 24.2 Å². The van der Waals surface area contributed by atoms with Crippen LogP contribution < -0.4 is 9.47 Å². The third-order valence-corrected chi connectivity index (χ3v) is 7.86. The molecule has 0 aliphatic carbocycles. The van der Waals surface area contributed by atoms with Crippen LogP contribution in [0.1, 0.15) is 27.7 Å². The van der Waals surface area contributed by atoms with Gasteiger partial charge in [-0.15, -0.1) is 0 Å². The Bertz CT molecular complexity index is 1600. The maximum absolute atomic E-state index is 14.2. The van der Waals surface area contributed by atoms with Crippen LogP contribution in [-0.4, -0.2) is 77.0 Å². The molecule has 4 aliphatic heterocycles. The molecule has 0 spiro atoms. The van der Waals surface area contributed by atoms with Crippen molar-refractivity contribution in [3.63, 3.8) is 0 Å². The van der Waals surface area contributed by atoms with Crippen molar-refractivity contribution in [1.29, 1.82) is 0 Å². The van der Waals surface area contributed by atoms with E-state index < -0.39 is 12.1 Å². The van der Waals surface area contributed by atoms with E-state index in [1.54, 1.807) is 16.5 Å². The summed E-state index contributed by atoms with van der Waals surface area (Å²) in [7, 11) is 3.59. The van der Waals surface area contributed by atoms with Crippen LogP contribution in [0.4, 0.5) is 0 Å². The first-order valence-electron chi connectivity index (χ1n) is 12.6. The fourth-order valence-corrected chi connectivity index (χ4v) is 6.16. The van der Waals surface area contributed by atoms with Gasteiger partial charge in [0.1, 0.15) is 6.04 Å². The number of ether oxygens (including phenoxy) is 2. The van der Waals surface area contributed by atoms with Gasteiger partial charge in [0.2, 0.25) is 18.6 Å². The summed E-state index contributed by atoms with van der Waals surface area (Å²) < 4.78 is 12.9. The third kappa shape index (κ3) is 3.21.